The maximum absolute atomic E-state index is 14.7. The Labute approximate surface area is 394 Å². The molecule has 9 rings (SSSR count). The Morgan fingerprint density at radius 1 is 0.925 bits per heavy atom. The van der Waals surface area contributed by atoms with E-state index in [1.54, 1.807) is 12.5 Å². The second-order valence-corrected chi connectivity index (χ2v) is 24.4. The van der Waals surface area contributed by atoms with Crippen LogP contribution >= 0.6 is 0 Å². The molecule has 2 saturated heterocycles. The summed E-state index contributed by atoms with van der Waals surface area (Å²) in [7, 11) is 0. The fourth-order valence-electron chi connectivity index (χ4n) is 17.4. The number of ether oxygens (including phenoxy) is 2. The molecule has 16 nitrogen and oxygen atoms in total. The zero-order valence-corrected chi connectivity index (χ0v) is 40.3. The summed E-state index contributed by atoms with van der Waals surface area (Å²) in [6, 6.07) is -0.412. The number of hydrogen-bond donors (Lipinski definition) is 11. The minimum atomic E-state index is -1.63. The van der Waals surface area contributed by atoms with Gasteiger partial charge in [0.1, 0.15) is 24.5 Å². The van der Waals surface area contributed by atoms with Crippen LogP contribution in [0.4, 0.5) is 0 Å². The topological polar surface area (TPSA) is 281 Å². The van der Waals surface area contributed by atoms with Crippen LogP contribution in [0.2, 0.25) is 0 Å². The monoisotopic (exact) mass is 941 g/mol. The first-order valence-corrected chi connectivity index (χ1v) is 25.5. The van der Waals surface area contributed by atoms with Crippen molar-refractivity contribution in [3.63, 3.8) is 0 Å². The largest absolute Gasteiger partial charge is 0.481 e. The number of aliphatic carboxylic acids is 1. The summed E-state index contributed by atoms with van der Waals surface area (Å²) >= 11 is 0. The molecule has 2 aliphatic heterocycles. The molecule has 376 valence electrons. The summed E-state index contributed by atoms with van der Waals surface area (Å²) in [5, 5.41) is 93.3. The van der Waals surface area contributed by atoms with Crippen LogP contribution in [-0.4, -0.2) is 132 Å². The molecule has 1 amide bonds. The third-order valence-electron chi connectivity index (χ3n) is 21.6. The number of aromatic amines is 1. The minimum Gasteiger partial charge on any atom is -0.481 e. The first-order chi connectivity index (χ1) is 31.6. The number of aliphatic hydroxyl groups is 7. The van der Waals surface area contributed by atoms with E-state index in [0.717, 1.165) is 25.0 Å². The molecule has 16 heteroatoms. The van der Waals surface area contributed by atoms with Crippen molar-refractivity contribution in [2.24, 2.45) is 73.2 Å². The van der Waals surface area contributed by atoms with Crippen molar-refractivity contribution in [1.29, 1.82) is 0 Å². The Hall–Kier alpha value is -2.51. The maximum Gasteiger partial charge on any atom is 0.310 e. The number of carbonyl (C=O) groups is 2. The number of amides is 1. The van der Waals surface area contributed by atoms with E-state index in [2.05, 4.69) is 49.1 Å². The lowest BCUT2D eigenvalue weighted by molar-refractivity contribution is -0.340. The number of nitrogens with zero attached hydrogens (tertiary/aromatic N) is 1. The highest BCUT2D eigenvalue weighted by molar-refractivity contribution is 5.86. The summed E-state index contributed by atoms with van der Waals surface area (Å²) in [4.78, 5) is 35.9. The van der Waals surface area contributed by atoms with Gasteiger partial charge in [-0.2, -0.15) is 0 Å². The van der Waals surface area contributed by atoms with Crippen molar-refractivity contribution in [2.45, 2.75) is 186 Å². The zero-order valence-electron chi connectivity index (χ0n) is 40.3. The molecule has 20 atom stereocenters. The number of fused-ring (bicyclic) bond motifs is 7. The molecule has 7 fully saturated rings. The number of aromatic nitrogens is 2. The highest BCUT2D eigenvalue weighted by Gasteiger charge is 2.74. The number of rotatable bonds is 12. The number of hydrogen-bond acceptors (Lipinski definition) is 13. The standard InChI is InChI=1S/C51H80N4O12/c1-45(24-56)16-18-51(44(64)65)19-17-47(3)28(31(51)21-45)9-10-35-48(47,4)15-12-34-46(2,25-57)41(67-42-40(62)39(61)33(58)23-66-42)38(60)30(49(34,35)5)20-29-37(55-43(63)50(29)13-6-7-14-50)27(8-11-36(52)59)32-22-53-26-54-32/h9,22,26-27,29-31,33-42,56-62H,6-8,10-21,23-25,52H2,1-5H3,(H,53,54)(H,55,63)(H,64,65). The molecule has 6 aliphatic carbocycles. The number of imidazole rings is 1. The van der Waals surface area contributed by atoms with E-state index in [0.29, 0.717) is 70.6 Å². The summed E-state index contributed by atoms with van der Waals surface area (Å²) < 4.78 is 12.6. The highest BCUT2D eigenvalue weighted by atomic mass is 16.7. The van der Waals surface area contributed by atoms with Crippen LogP contribution in [0.1, 0.15) is 143 Å². The lowest BCUT2D eigenvalue weighted by Crippen LogP contribution is -2.72. The Kier molecular flexibility index (Phi) is 12.8. The van der Waals surface area contributed by atoms with E-state index in [1.807, 2.05) is 6.92 Å². The van der Waals surface area contributed by atoms with Crippen molar-refractivity contribution >= 4 is 11.9 Å². The molecule has 1 spiro atoms. The van der Waals surface area contributed by atoms with E-state index >= 15 is 0 Å². The van der Waals surface area contributed by atoms with Gasteiger partial charge < -0.3 is 66.4 Å². The SMILES string of the molecule is CC1(CO)CCC2(C(=O)O)CCC3(C)C(=CCC4C5(C)C(CC6C(C(CCC(N)O)c7cnc[nH]7)NC(=O)C67CCCC7)C(O)C(OC6OCC(O)C(O)C6O)C(C)(CO)C5CCC43C)C2C1. The summed E-state index contributed by atoms with van der Waals surface area (Å²) in [6.45, 7) is 10.4. The molecule has 20 unspecified atom stereocenters. The number of nitrogens with two attached hydrogens (primary N) is 1. The van der Waals surface area contributed by atoms with Crippen LogP contribution in [0.5, 0.6) is 0 Å². The number of carbonyl (C=O) groups excluding carboxylic acids is 1. The predicted octanol–water partition coefficient (Wildman–Crippen LogP) is 3.47. The number of nitrogens with one attached hydrogen (secondary N) is 2. The number of allylic oxidation sites excluding steroid dienone is 2. The lowest BCUT2D eigenvalue weighted by atomic mass is 9.31. The molecule has 0 aromatic carbocycles. The number of aliphatic hydroxyl groups excluding tert-OH is 7. The minimum absolute atomic E-state index is 0.0110. The molecular weight excluding hydrogens is 861 g/mol. The molecular formula is C51H80N4O12. The number of H-pyrrole nitrogens is 1. The number of carboxylic acids is 1. The molecule has 0 bridgehead atoms. The van der Waals surface area contributed by atoms with E-state index in [-0.39, 0.29) is 61.7 Å². The Balaban J connectivity index is 1.19. The van der Waals surface area contributed by atoms with E-state index in [4.69, 9.17) is 15.2 Å². The van der Waals surface area contributed by atoms with Gasteiger partial charge in [-0.25, -0.2) is 4.98 Å². The van der Waals surface area contributed by atoms with Gasteiger partial charge in [0.15, 0.2) is 6.29 Å². The highest BCUT2D eigenvalue weighted by Crippen LogP contribution is 2.77. The first kappa shape index (κ1) is 49.5. The Morgan fingerprint density at radius 3 is 2.28 bits per heavy atom. The van der Waals surface area contributed by atoms with Crippen LogP contribution in [0, 0.1) is 67.5 Å². The average Bonchev–Trinajstić information content (AvgIpc) is 4.07. The normalized spacial score (nSPS) is 48.9. The van der Waals surface area contributed by atoms with Gasteiger partial charge in [-0.3, -0.25) is 9.59 Å². The molecule has 0 radical (unpaired) electrons. The maximum atomic E-state index is 14.7. The van der Waals surface area contributed by atoms with Crippen molar-refractivity contribution in [3.8, 4) is 0 Å². The molecule has 12 N–H and O–H groups in total. The van der Waals surface area contributed by atoms with Crippen molar-refractivity contribution in [1.82, 2.24) is 15.3 Å². The summed E-state index contributed by atoms with van der Waals surface area (Å²) in [6.07, 6.45) is 5.59. The van der Waals surface area contributed by atoms with Crippen LogP contribution in [0.25, 0.3) is 0 Å². The molecule has 1 aromatic rings. The average molecular weight is 941 g/mol. The Morgan fingerprint density at radius 2 is 1.64 bits per heavy atom. The molecule has 3 heterocycles. The third-order valence-corrected chi connectivity index (χ3v) is 21.6. The Bertz CT molecular complexity index is 2030. The fourth-order valence-corrected chi connectivity index (χ4v) is 17.4. The van der Waals surface area contributed by atoms with Gasteiger partial charge in [-0.05, 0) is 135 Å². The molecule has 5 saturated carbocycles. The van der Waals surface area contributed by atoms with Crippen molar-refractivity contribution in [2.75, 3.05) is 19.8 Å². The van der Waals surface area contributed by atoms with Crippen LogP contribution in [0.15, 0.2) is 24.2 Å². The third kappa shape index (κ3) is 7.21. The molecule has 8 aliphatic rings. The predicted molar refractivity (Wildman–Crippen MR) is 244 cm³/mol. The summed E-state index contributed by atoms with van der Waals surface area (Å²) in [5.74, 6) is -2.48. The fraction of sp³-hybridized carbons (Fsp3) is 0.863. The molecule has 67 heavy (non-hydrogen) atoms. The first-order valence-electron chi connectivity index (χ1n) is 25.5. The smallest absolute Gasteiger partial charge is 0.310 e. The quantitative estimate of drug-likeness (QED) is 0.0814. The van der Waals surface area contributed by atoms with E-state index < -0.39 is 98.9 Å². The van der Waals surface area contributed by atoms with E-state index in [1.165, 1.54) is 5.57 Å². The second kappa shape index (κ2) is 17.4. The van der Waals surface area contributed by atoms with E-state index in [9.17, 15) is 50.4 Å². The summed E-state index contributed by atoms with van der Waals surface area (Å²) in [5.41, 5.74) is 3.29. The number of carboxylic acid groups (broad SMARTS) is 1. The van der Waals surface area contributed by atoms with Crippen LogP contribution in [-0.2, 0) is 19.1 Å². The van der Waals surface area contributed by atoms with Gasteiger partial charge >= 0.3 is 5.97 Å². The van der Waals surface area contributed by atoms with Gasteiger partial charge in [-0.1, -0.05) is 59.1 Å². The van der Waals surface area contributed by atoms with Crippen molar-refractivity contribution < 1.29 is 59.9 Å². The lowest BCUT2D eigenvalue weighted by Gasteiger charge is -2.73. The zero-order chi connectivity index (χ0) is 48.3. The molecule has 1 aromatic heterocycles. The van der Waals surface area contributed by atoms with Gasteiger partial charge in [-0.15, -0.1) is 0 Å². The second-order valence-electron chi connectivity index (χ2n) is 24.4. The van der Waals surface area contributed by atoms with Crippen LogP contribution in [0.3, 0.4) is 0 Å². The van der Waals surface area contributed by atoms with Crippen LogP contribution < -0.4 is 11.1 Å². The van der Waals surface area contributed by atoms with Crippen molar-refractivity contribution in [3.05, 3.63) is 29.9 Å². The van der Waals surface area contributed by atoms with Gasteiger partial charge in [0.05, 0.1) is 42.6 Å². The van der Waals surface area contributed by atoms with Gasteiger partial charge in [0, 0.05) is 35.9 Å². The van der Waals surface area contributed by atoms with Gasteiger partial charge in [0.25, 0.3) is 0 Å². The van der Waals surface area contributed by atoms with Gasteiger partial charge in [0.2, 0.25) is 5.91 Å².